The molecule has 0 saturated carbocycles. The van der Waals surface area contributed by atoms with Crippen molar-refractivity contribution in [3.05, 3.63) is 0 Å². The molecule has 0 rings (SSSR count). The fourth-order valence-electron chi connectivity index (χ4n) is 4.33. The molecule has 25 heavy (non-hydrogen) atoms. The Morgan fingerprint density at radius 3 is 1.04 bits per heavy atom. The van der Waals surface area contributed by atoms with Gasteiger partial charge in [-0.05, 0) is 18.3 Å². The van der Waals surface area contributed by atoms with Gasteiger partial charge in [-0.15, -0.1) is 0 Å². The summed E-state index contributed by atoms with van der Waals surface area (Å²) in [6, 6.07) is 0. The molecule has 0 heterocycles. The highest BCUT2D eigenvalue weighted by Gasteiger charge is 2.24. The number of unbranched alkanes of at least 4 members (excludes halogenated alkanes) is 14. The summed E-state index contributed by atoms with van der Waals surface area (Å²) in [5.41, 5.74) is 0.674. The van der Waals surface area contributed by atoms with Gasteiger partial charge in [0, 0.05) is 0 Å². The van der Waals surface area contributed by atoms with Crippen molar-refractivity contribution in [1.29, 1.82) is 0 Å². The quantitative estimate of drug-likeness (QED) is 0.191. The summed E-state index contributed by atoms with van der Waals surface area (Å²) in [7, 11) is 0. The summed E-state index contributed by atoms with van der Waals surface area (Å²) >= 11 is 0. The zero-order valence-electron chi connectivity index (χ0n) is 18.6. The minimum atomic E-state index is 0.674. The maximum absolute atomic E-state index is 2.42. The van der Waals surface area contributed by atoms with Gasteiger partial charge in [-0.3, -0.25) is 0 Å². The van der Waals surface area contributed by atoms with Gasteiger partial charge in [-0.2, -0.15) is 0 Å². The summed E-state index contributed by atoms with van der Waals surface area (Å²) in [6.07, 6.45) is 29.1. The molecule has 0 aromatic carbocycles. The van der Waals surface area contributed by atoms with E-state index in [0.717, 1.165) is 0 Å². The molecule has 0 nitrogen and oxygen atoms in total. The first kappa shape index (κ1) is 25.0. The zero-order valence-corrected chi connectivity index (χ0v) is 18.6. The van der Waals surface area contributed by atoms with E-state index in [0.29, 0.717) is 5.41 Å². The Hall–Kier alpha value is 0. The van der Waals surface area contributed by atoms with E-state index < -0.39 is 0 Å². The first-order valence-corrected chi connectivity index (χ1v) is 12.2. The summed E-state index contributed by atoms with van der Waals surface area (Å²) in [5, 5.41) is 0. The van der Waals surface area contributed by atoms with E-state index in [9.17, 15) is 0 Å². The molecule has 0 amide bonds. The van der Waals surface area contributed by atoms with Crippen LogP contribution in [-0.2, 0) is 0 Å². The SMILES string of the molecule is CCCCCCCCCCCCCCCCC(CC)(CC)CCCC. The lowest BCUT2D eigenvalue weighted by molar-refractivity contribution is 0.204. The molecule has 0 spiro atoms. The van der Waals surface area contributed by atoms with Crippen molar-refractivity contribution >= 4 is 0 Å². The first-order valence-electron chi connectivity index (χ1n) is 12.2. The second kappa shape index (κ2) is 18.8. The Morgan fingerprint density at radius 1 is 0.360 bits per heavy atom. The number of hydrogen-bond acceptors (Lipinski definition) is 0. The third-order valence-electron chi connectivity index (χ3n) is 6.62. The summed E-state index contributed by atoms with van der Waals surface area (Å²) in [6.45, 7) is 9.48. The molecule has 0 aliphatic heterocycles. The van der Waals surface area contributed by atoms with Crippen LogP contribution in [0.2, 0.25) is 0 Å². The molecule has 0 aromatic rings. The lowest BCUT2D eigenvalue weighted by Gasteiger charge is -2.32. The summed E-state index contributed by atoms with van der Waals surface area (Å²) < 4.78 is 0. The van der Waals surface area contributed by atoms with Crippen LogP contribution in [0.3, 0.4) is 0 Å². The molecule has 0 radical (unpaired) electrons. The normalized spacial score (nSPS) is 12.0. The van der Waals surface area contributed by atoms with E-state index in [1.807, 2.05) is 0 Å². The minimum absolute atomic E-state index is 0.674. The van der Waals surface area contributed by atoms with Crippen molar-refractivity contribution in [3.63, 3.8) is 0 Å². The van der Waals surface area contributed by atoms with Gasteiger partial charge in [0.15, 0.2) is 0 Å². The average Bonchev–Trinajstić information content (AvgIpc) is 2.65. The Balaban J connectivity index is 3.39. The van der Waals surface area contributed by atoms with Gasteiger partial charge in [-0.1, -0.05) is 143 Å². The third-order valence-corrected chi connectivity index (χ3v) is 6.62. The Kier molecular flexibility index (Phi) is 18.8. The van der Waals surface area contributed by atoms with Gasteiger partial charge in [0.05, 0.1) is 0 Å². The van der Waals surface area contributed by atoms with Crippen molar-refractivity contribution < 1.29 is 0 Å². The number of hydrogen-bond donors (Lipinski definition) is 0. The van der Waals surface area contributed by atoms with Crippen molar-refractivity contribution in [3.8, 4) is 0 Å². The van der Waals surface area contributed by atoms with Crippen LogP contribution in [0.15, 0.2) is 0 Å². The predicted molar refractivity (Wildman–Crippen MR) is 117 cm³/mol. The topological polar surface area (TPSA) is 0 Å². The maximum Gasteiger partial charge on any atom is -0.0303 e. The molecular weight excluding hydrogens is 300 g/mol. The van der Waals surface area contributed by atoms with Gasteiger partial charge in [0.1, 0.15) is 0 Å². The van der Waals surface area contributed by atoms with Crippen LogP contribution in [0.4, 0.5) is 0 Å². The molecule has 152 valence electrons. The molecule has 0 aliphatic rings. The van der Waals surface area contributed by atoms with Crippen LogP contribution in [0, 0.1) is 5.41 Å². The van der Waals surface area contributed by atoms with Crippen LogP contribution in [0.5, 0.6) is 0 Å². The van der Waals surface area contributed by atoms with Crippen molar-refractivity contribution in [1.82, 2.24) is 0 Å². The van der Waals surface area contributed by atoms with E-state index in [4.69, 9.17) is 0 Å². The largest absolute Gasteiger partial charge is 0.0654 e. The molecule has 0 saturated heterocycles. The lowest BCUT2D eigenvalue weighted by atomic mass is 9.74. The third kappa shape index (κ3) is 14.8. The minimum Gasteiger partial charge on any atom is -0.0654 e. The molecule has 0 aliphatic carbocycles. The van der Waals surface area contributed by atoms with Crippen LogP contribution in [0.25, 0.3) is 0 Å². The fraction of sp³-hybridized carbons (Fsp3) is 1.00. The summed E-state index contributed by atoms with van der Waals surface area (Å²) in [5.74, 6) is 0. The highest BCUT2D eigenvalue weighted by Crippen LogP contribution is 2.38. The number of rotatable bonds is 20. The monoisotopic (exact) mass is 352 g/mol. The second-order valence-corrected chi connectivity index (χ2v) is 8.66. The molecule has 0 atom stereocenters. The van der Waals surface area contributed by atoms with Crippen molar-refractivity contribution in [2.45, 2.75) is 156 Å². The van der Waals surface area contributed by atoms with Crippen LogP contribution in [-0.4, -0.2) is 0 Å². The summed E-state index contributed by atoms with van der Waals surface area (Å²) in [4.78, 5) is 0. The van der Waals surface area contributed by atoms with E-state index in [-0.39, 0.29) is 0 Å². The van der Waals surface area contributed by atoms with Gasteiger partial charge < -0.3 is 0 Å². The van der Waals surface area contributed by atoms with Gasteiger partial charge in [0.25, 0.3) is 0 Å². The Bertz CT molecular complexity index is 238. The van der Waals surface area contributed by atoms with E-state index in [1.54, 1.807) is 0 Å². The first-order chi connectivity index (χ1) is 12.2. The predicted octanol–water partition coefficient (Wildman–Crippen LogP) is 9.85. The Morgan fingerprint density at radius 2 is 0.680 bits per heavy atom. The standard InChI is InChI=1S/C25H52/c1-5-9-11-12-13-14-15-16-17-18-19-20-21-22-24-25(7-3,8-4)23-10-6-2/h5-24H2,1-4H3. The molecule has 0 fully saturated rings. The molecule has 0 unspecified atom stereocenters. The molecule has 0 N–H and O–H groups in total. The van der Waals surface area contributed by atoms with Crippen LogP contribution >= 0.6 is 0 Å². The van der Waals surface area contributed by atoms with Gasteiger partial charge in [0.2, 0.25) is 0 Å². The molecule has 0 aromatic heterocycles. The highest BCUT2D eigenvalue weighted by molar-refractivity contribution is 4.76. The van der Waals surface area contributed by atoms with Gasteiger partial charge in [-0.25, -0.2) is 0 Å². The van der Waals surface area contributed by atoms with Crippen molar-refractivity contribution in [2.24, 2.45) is 5.41 Å². The van der Waals surface area contributed by atoms with E-state index >= 15 is 0 Å². The molecular formula is C25H52. The Labute approximate surface area is 161 Å². The van der Waals surface area contributed by atoms with E-state index in [1.165, 1.54) is 128 Å². The fourth-order valence-corrected chi connectivity index (χ4v) is 4.33. The smallest absolute Gasteiger partial charge is 0.0303 e. The van der Waals surface area contributed by atoms with Crippen LogP contribution < -0.4 is 0 Å². The van der Waals surface area contributed by atoms with Gasteiger partial charge >= 0.3 is 0 Å². The zero-order chi connectivity index (χ0) is 18.6. The highest BCUT2D eigenvalue weighted by atomic mass is 14.3. The van der Waals surface area contributed by atoms with Crippen LogP contribution in [0.1, 0.15) is 156 Å². The van der Waals surface area contributed by atoms with Crippen molar-refractivity contribution in [2.75, 3.05) is 0 Å². The molecule has 0 heteroatoms. The maximum atomic E-state index is 2.42. The molecule has 0 bridgehead atoms. The average molecular weight is 353 g/mol. The lowest BCUT2D eigenvalue weighted by Crippen LogP contribution is -2.18. The second-order valence-electron chi connectivity index (χ2n) is 8.66. The van der Waals surface area contributed by atoms with E-state index in [2.05, 4.69) is 27.7 Å².